The second-order valence-corrected chi connectivity index (χ2v) is 2.60. The molecule has 0 bridgehead atoms. The molecule has 0 atom stereocenters. The molecule has 1 rings (SSSR count). The van der Waals surface area contributed by atoms with Gasteiger partial charge in [-0.2, -0.15) is 13.2 Å². The van der Waals surface area contributed by atoms with Crippen LogP contribution in [0.5, 0.6) is 0 Å². The van der Waals surface area contributed by atoms with Crippen LogP contribution in [0.1, 0.15) is 5.69 Å². The zero-order chi connectivity index (χ0) is 8.65. The van der Waals surface area contributed by atoms with Gasteiger partial charge in [-0.1, -0.05) is 5.21 Å². The maximum absolute atomic E-state index is 12.0. The van der Waals surface area contributed by atoms with Gasteiger partial charge in [0, 0.05) is 7.05 Å². The van der Waals surface area contributed by atoms with Gasteiger partial charge < -0.3 is 0 Å². The molecule has 62 valence electrons. The van der Waals surface area contributed by atoms with Crippen LogP contribution >= 0.6 is 15.9 Å². The Balaban J connectivity index is 3.21. The normalized spacial score (nSPS) is 12.1. The summed E-state index contributed by atoms with van der Waals surface area (Å²) in [5, 5.41) is 6.37. The molecule has 0 aromatic carbocycles. The van der Waals surface area contributed by atoms with Crippen LogP contribution in [-0.4, -0.2) is 15.0 Å². The third-order valence-electron chi connectivity index (χ3n) is 1.05. The van der Waals surface area contributed by atoms with Crippen molar-refractivity contribution in [2.24, 2.45) is 7.05 Å². The van der Waals surface area contributed by atoms with Crippen LogP contribution in [-0.2, 0) is 13.2 Å². The third kappa shape index (κ3) is 1.52. The SMILES string of the molecule is Cn1nnc(Br)c1C(F)(F)F. The van der Waals surface area contributed by atoms with Crippen molar-refractivity contribution in [3.05, 3.63) is 10.3 Å². The van der Waals surface area contributed by atoms with E-state index in [1.807, 2.05) is 0 Å². The second-order valence-electron chi connectivity index (χ2n) is 1.85. The van der Waals surface area contributed by atoms with Crippen molar-refractivity contribution in [2.75, 3.05) is 0 Å². The van der Waals surface area contributed by atoms with Crippen LogP contribution in [0, 0.1) is 0 Å². The lowest BCUT2D eigenvalue weighted by Crippen LogP contribution is -2.12. The number of halogens is 4. The van der Waals surface area contributed by atoms with Crippen molar-refractivity contribution in [1.29, 1.82) is 0 Å². The number of hydrogen-bond acceptors (Lipinski definition) is 2. The summed E-state index contributed by atoms with van der Waals surface area (Å²) in [6, 6.07) is 0. The van der Waals surface area contributed by atoms with Crippen molar-refractivity contribution in [2.45, 2.75) is 6.18 Å². The molecule has 0 unspecified atom stereocenters. The molecule has 1 heterocycles. The molecule has 0 spiro atoms. The maximum atomic E-state index is 12.0. The highest BCUT2D eigenvalue weighted by molar-refractivity contribution is 9.10. The first-order valence-corrected chi connectivity index (χ1v) is 3.34. The number of aromatic nitrogens is 3. The van der Waals surface area contributed by atoms with Gasteiger partial charge in [0.2, 0.25) is 0 Å². The Bertz CT molecular complexity index is 247. The highest BCUT2D eigenvalue weighted by atomic mass is 79.9. The average molecular weight is 230 g/mol. The van der Waals surface area contributed by atoms with E-state index in [-0.39, 0.29) is 4.60 Å². The fourth-order valence-corrected chi connectivity index (χ4v) is 1.18. The lowest BCUT2D eigenvalue weighted by molar-refractivity contribution is -0.144. The predicted molar refractivity (Wildman–Crippen MR) is 33.7 cm³/mol. The van der Waals surface area contributed by atoms with E-state index in [4.69, 9.17) is 0 Å². The number of alkyl halides is 3. The van der Waals surface area contributed by atoms with E-state index < -0.39 is 11.9 Å². The molecule has 0 saturated carbocycles. The maximum Gasteiger partial charge on any atom is 0.435 e. The summed E-state index contributed by atoms with van der Waals surface area (Å²) in [6.45, 7) is 0. The third-order valence-corrected chi connectivity index (χ3v) is 1.59. The Kier molecular flexibility index (Phi) is 1.91. The average Bonchev–Trinajstić information content (AvgIpc) is 2.08. The highest BCUT2D eigenvalue weighted by Crippen LogP contribution is 2.32. The molecular formula is C4H3BrF3N3. The van der Waals surface area contributed by atoms with Gasteiger partial charge in [-0.05, 0) is 15.9 Å². The zero-order valence-corrected chi connectivity index (χ0v) is 6.94. The molecule has 0 N–H and O–H groups in total. The monoisotopic (exact) mass is 229 g/mol. The van der Waals surface area contributed by atoms with E-state index in [1.165, 1.54) is 7.05 Å². The smallest absolute Gasteiger partial charge is 0.242 e. The van der Waals surface area contributed by atoms with Gasteiger partial charge in [-0.3, -0.25) is 0 Å². The van der Waals surface area contributed by atoms with E-state index in [1.54, 1.807) is 0 Å². The second kappa shape index (κ2) is 2.47. The minimum Gasteiger partial charge on any atom is -0.242 e. The van der Waals surface area contributed by atoms with Crippen LogP contribution < -0.4 is 0 Å². The first kappa shape index (κ1) is 8.51. The highest BCUT2D eigenvalue weighted by Gasteiger charge is 2.37. The van der Waals surface area contributed by atoms with Crippen molar-refractivity contribution in [1.82, 2.24) is 15.0 Å². The van der Waals surface area contributed by atoms with Crippen LogP contribution in [0.2, 0.25) is 0 Å². The summed E-state index contributed by atoms with van der Waals surface area (Å²) in [5.74, 6) is 0. The van der Waals surface area contributed by atoms with Crippen molar-refractivity contribution < 1.29 is 13.2 Å². The summed E-state index contributed by atoms with van der Waals surface area (Å²) in [4.78, 5) is 0. The van der Waals surface area contributed by atoms with Gasteiger partial charge in [-0.25, -0.2) is 4.68 Å². The summed E-state index contributed by atoms with van der Waals surface area (Å²) in [7, 11) is 1.18. The van der Waals surface area contributed by atoms with E-state index in [2.05, 4.69) is 26.2 Å². The first-order valence-electron chi connectivity index (χ1n) is 2.55. The molecule has 0 saturated heterocycles. The van der Waals surface area contributed by atoms with Gasteiger partial charge in [-0.15, -0.1) is 5.10 Å². The molecule has 1 aromatic heterocycles. The molecule has 0 aliphatic heterocycles. The number of nitrogens with zero attached hydrogens (tertiary/aromatic N) is 3. The zero-order valence-electron chi connectivity index (χ0n) is 5.35. The molecule has 1 aromatic rings. The standard InChI is InChI=1S/C4H3BrF3N3/c1-11-2(4(6,7)8)3(5)9-10-11/h1H3. The fourth-order valence-electron chi connectivity index (χ4n) is 0.632. The Hall–Kier alpha value is -0.590. The van der Waals surface area contributed by atoms with Crippen molar-refractivity contribution in [3.63, 3.8) is 0 Å². The molecule has 7 heteroatoms. The molecule has 0 amide bonds. The molecular weight excluding hydrogens is 227 g/mol. The Labute approximate surface area is 68.3 Å². The molecule has 11 heavy (non-hydrogen) atoms. The Morgan fingerprint density at radius 2 is 2.00 bits per heavy atom. The van der Waals surface area contributed by atoms with E-state index in [9.17, 15) is 13.2 Å². The van der Waals surface area contributed by atoms with Crippen LogP contribution in [0.25, 0.3) is 0 Å². The van der Waals surface area contributed by atoms with Gasteiger partial charge in [0.05, 0.1) is 0 Å². The van der Waals surface area contributed by atoms with Crippen LogP contribution in [0.3, 0.4) is 0 Å². The molecule has 0 radical (unpaired) electrons. The Morgan fingerprint density at radius 3 is 2.18 bits per heavy atom. The summed E-state index contributed by atoms with van der Waals surface area (Å²) >= 11 is 2.64. The Morgan fingerprint density at radius 1 is 1.45 bits per heavy atom. The fraction of sp³-hybridized carbons (Fsp3) is 0.500. The largest absolute Gasteiger partial charge is 0.435 e. The summed E-state index contributed by atoms with van der Waals surface area (Å²) in [6.07, 6.45) is -4.41. The van der Waals surface area contributed by atoms with Gasteiger partial charge in [0.1, 0.15) is 0 Å². The lowest BCUT2D eigenvalue weighted by Gasteiger charge is -2.04. The lowest BCUT2D eigenvalue weighted by atomic mass is 10.5. The topological polar surface area (TPSA) is 30.7 Å². The van der Waals surface area contributed by atoms with E-state index in [0.29, 0.717) is 4.68 Å². The molecule has 0 aliphatic rings. The van der Waals surface area contributed by atoms with E-state index >= 15 is 0 Å². The summed E-state index contributed by atoms with van der Waals surface area (Å²) in [5.41, 5.74) is -0.877. The minimum atomic E-state index is -4.41. The summed E-state index contributed by atoms with van der Waals surface area (Å²) < 4.78 is 36.4. The molecule has 3 nitrogen and oxygen atoms in total. The minimum absolute atomic E-state index is 0.285. The van der Waals surface area contributed by atoms with Gasteiger partial charge >= 0.3 is 6.18 Å². The first-order chi connectivity index (χ1) is 4.93. The number of hydrogen-bond donors (Lipinski definition) is 0. The quantitative estimate of drug-likeness (QED) is 0.677. The van der Waals surface area contributed by atoms with Gasteiger partial charge in [0.25, 0.3) is 0 Å². The van der Waals surface area contributed by atoms with E-state index in [0.717, 1.165) is 0 Å². The number of aryl methyl sites for hydroxylation is 1. The van der Waals surface area contributed by atoms with Crippen LogP contribution in [0.15, 0.2) is 4.60 Å². The van der Waals surface area contributed by atoms with Crippen molar-refractivity contribution in [3.8, 4) is 0 Å². The molecule has 0 fully saturated rings. The molecule has 0 aliphatic carbocycles. The predicted octanol–water partition coefficient (Wildman–Crippen LogP) is 1.60. The number of rotatable bonds is 0. The van der Waals surface area contributed by atoms with Crippen LogP contribution in [0.4, 0.5) is 13.2 Å². The van der Waals surface area contributed by atoms with Crippen molar-refractivity contribution >= 4 is 15.9 Å². The van der Waals surface area contributed by atoms with Gasteiger partial charge in [0.15, 0.2) is 10.3 Å².